The number of nitrogens with one attached hydrogen (secondary N) is 1. The molecule has 1 aromatic heterocycles. The molecule has 0 bridgehead atoms. The molecule has 2 aromatic carbocycles. The summed E-state index contributed by atoms with van der Waals surface area (Å²) in [5.74, 6) is 0.307. The first-order valence-corrected chi connectivity index (χ1v) is 9.94. The van der Waals surface area contributed by atoms with Crippen molar-refractivity contribution in [2.45, 2.75) is 39.8 Å². The maximum atomic E-state index is 12.7. The maximum absolute atomic E-state index is 12.7. The largest absolute Gasteiger partial charge is 0.344 e. The van der Waals surface area contributed by atoms with Crippen molar-refractivity contribution in [3.8, 4) is 0 Å². The topological polar surface area (TPSA) is 64.0 Å². The molecule has 0 spiro atoms. The van der Waals surface area contributed by atoms with Gasteiger partial charge in [0.25, 0.3) is 11.5 Å². The SMILES string of the molecule is CC(C)Cc1ccc(C(C)NC(=O)c2ccc(=O)n(Cc3ccccc3)n2)cc1. The highest BCUT2D eigenvalue weighted by molar-refractivity contribution is 5.92. The average Bonchev–Trinajstić information content (AvgIpc) is 2.70. The molecule has 1 N–H and O–H groups in total. The molecule has 150 valence electrons. The highest BCUT2D eigenvalue weighted by Gasteiger charge is 2.14. The van der Waals surface area contributed by atoms with E-state index >= 15 is 0 Å². The summed E-state index contributed by atoms with van der Waals surface area (Å²) < 4.78 is 1.32. The van der Waals surface area contributed by atoms with Crippen LogP contribution in [0.5, 0.6) is 0 Å². The molecule has 5 heteroatoms. The van der Waals surface area contributed by atoms with Crippen molar-refractivity contribution in [2.75, 3.05) is 0 Å². The van der Waals surface area contributed by atoms with Gasteiger partial charge >= 0.3 is 0 Å². The Balaban J connectivity index is 1.70. The Hall–Kier alpha value is -3.21. The maximum Gasteiger partial charge on any atom is 0.272 e. The van der Waals surface area contributed by atoms with Crippen LogP contribution in [0.2, 0.25) is 0 Å². The normalized spacial score (nSPS) is 12.0. The van der Waals surface area contributed by atoms with E-state index in [1.165, 1.54) is 22.4 Å². The highest BCUT2D eigenvalue weighted by Crippen LogP contribution is 2.16. The summed E-state index contributed by atoms with van der Waals surface area (Å²) in [5, 5.41) is 7.22. The van der Waals surface area contributed by atoms with Crippen molar-refractivity contribution in [2.24, 2.45) is 5.92 Å². The summed E-state index contributed by atoms with van der Waals surface area (Å²) in [5.41, 5.74) is 3.26. The zero-order valence-electron chi connectivity index (χ0n) is 17.1. The van der Waals surface area contributed by atoms with E-state index in [9.17, 15) is 9.59 Å². The molecule has 0 fully saturated rings. The minimum atomic E-state index is -0.300. The second kappa shape index (κ2) is 9.32. The highest BCUT2D eigenvalue weighted by atomic mass is 16.2. The van der Waals surface area contributed by atoms with Gasteiger partial charge in [-0.25, -0.2) is 4.68 Å². The number of hydrogen-bond acceptors (Lipinski definition) is 3. The molecule has 0 aliphatic heterocycles. The van der Waals surface area contributed by atoms with E-state index in [0.29, 0.717) is 12.5 Å². The number of amides is 1. The molecule has 1 atom stereocenters. The first kappa shape index (κ1) is 20.5. The summed E-state index contributed by atoms with van der Waals surface area (Å²) in [4.78, 5) is 24.8. The van der Waals surface area contributed by atoms with Crippen molar-refractivity contribution in [1.29, 1.82) is 0 Å². The molecule has 0 aliphatic carbocycles. The third kappa shape index (κ3) is 5.64. The molecule has 29 heavy (non-hydrogen) atoms. The zero-order chi connectivity index (χ0) is 20.8. The van der Waals surface area contributed by atoms with Crippen LogP contribution in [0.15, 0.2) is 71.5 Å². The second-order valence-electron chi connectivity index (χ2n) is 7.73. The summed E-state index contributed by atoms with van der Waals surface area (Å²) in [6.45, 7) is 6.66. The lowest BCUT2D eigenvalue weighted by atomic mass is 10.00. The molecule has 3 rings (SSSR count). The average molecular weight is 389 g/mol. The Bertz CT molecular complexity index is 1010. The number of nitrogens with zero attached hydrogens (tertiary/aromatic N) is 2. The van der Waals surface area contributed by atoms with Crippen LogP contribution in [-0.4, -0.2) is 15.7 Å². The van der Waals surface area contributed by atoms with Crippen LogP contribution in [0.25, 0.3) is 0 Å². The number of benzene rings is 2. The molecule has 3 aromatic rings. The quantitative estimate of drug-likeness (QED) is 0.665. The Morgan fingerprint density at radius 1 is 0.931 bits per heavy atom. The first-order valence-electron chi connectivity index (χ1n) is 9.94. The lowest BCUT2D eigenvalue weighted by Gasteiger charge is -2.15. The van der Waals surface area contributed by atoms with Gasteiger partial charge in [0.15, 0.2) is 0 Å². The Labute approximate surface area is 171 Å². The van der Waals surface area contributed by atoms with E-state index in [-0.39, 0.29) is 23.2 Å². The monoisotopic (exact) mass is 389 g/mol. The number of aromatic nitrogens is 2. The van der Waals surface area contributed by atoms with E-state index in [1.54, 1.807) is 0 Å². The molecule has 0 aliphatic rings. The minimum Gasteiger partial charge on any atom is -0.344 e. The van der Waals surface area contributed by atoms with E-state index in [2.05, 4.69) is 36.4 Å². The summed E-state index contributed by atoms with van der Waals surface area (Å²) >= 11 is 0. The second-order valence-corrected chi connectivity index (χ2v) is 7.73. The van der Waals surface area contributed by atoms with Gasteiger partial charge in [0.2, 0.25) is 0 Å². The van der Waals surface area contributed by atoms with E-state index in [4.69, 9.17) is 0 Å². The molecular formula is C24H27N3O2. The van der Waals surface area contributed by atoms with Gasteiger partial charge in [-0.3, -0.25) is 9.59 Å². The Morgan fingerprint density at radius 2 is 1.62 bits per heavy atom. The lowest BCUT2D eigenvalue weighted by Crippen LogP contribution is -2.31. The van der Waals surface area contributed by atoms with E-state index in [1.807, 2.05) is 49.4 Å². The van der Waals surface area contributed by atoms with Crippen molar-refractivity contribution in [3.63, 3.8) is 0 Å². The van der Waals surface area contributed by atoms with Crippen molar-refractivity contribution in [1.82, 2.24) is 15.1 Å². The van der Waals surface area contributed by atoms with Crippen molar-refractivity contribution >= 4 is 5.91 Å². The fourth-order valence-electron chi connectivity index (χ4n) is 3.21. The molecule has 1 heterocycles. The first-order chi connectivity index (χ1) is 13.9. The molecular weight excluding hydrogens is 362 g/mol. The fraction of sp³-hybridized carbons (Fsp3) is 0.292. The van der Waals surface area contributed by atoms with Crippen LogP contribution in [-0.2, 0) is 13.0 Å². The van der Waals surface area contributed by atoms with Crippen LogP contribution in [0.4, 0.5) is 0 Å². The standard InChI is InChI=1S/C24H27N3O2/c1-17(2)15-19-9-11-21(12-10-19)18(3)25-24(29)22-13-14-23(28)27(26-22)16-20-7-5-4-6-8-20/h4-14,17-18H,15-16H2,1-3H3,(H,25,29). The van der Waals surface area contributed by atoms with Crippen molar-refractivity contribution < 1.29 is 4.79 Å². The number of carbonyl (C=O) groups excluding carboxylic acids is 1. The third-order valence-electron chi connectivity index (χ3n) is 4.75. The fourth-order valence-corrected chi connectivity index (χ4v) is 3.21. The van der Waals surface area contributed by atoms with Crippen LogP contribution < -0.4 is 10.9 Å². The van der Waals surface area contributed by atoms with Crippen LogP contribution in [0.1, 0.15) is 54.0 Å². The minimum absolute atomic E-state index is 0.160. The molecule has 5 nitrogen and oxygen atoms in total. The number of hydrogen-bond donors (Lipinski definition) is 1. The van der Waals surface area contributed by atoms with Gasteiger partial charge in [0.05, 0.1) is 12.6 Å². The van der Waals surface area contributed by atoms with Crippen LogP contribution in [0, 0.1) is 5.92 Å². The molecule has 1 unspecified atom stereocenters. The molecule has 0 saturated heterocycles. The third-order valence-corrected chi connectivity index (χ3v) is 4.75. The number of rotatable bonds is 7. The van der Waals surface area contributed by atoms with Gasteiger partial charge in [-0.1, -0.05) is 68.4 Å². The predicted molar refractivity (Wildman–Crippen MR) is 115 cm³/mol. The molecule has 1 amide bonds. The van der Waals surface area contributed by atoms with E-state index in [0.717, 1.165) is 17.5 Å². The summed E-state index contributed by atoms with van der Waals surface area (Å²) in [6.07, 6.45) is 1.04. The van der Waals surface area contributed by atoms with Gasteiger partial charge in [-0.05, 0) is 42.0 Å². The zero-order valence-corrected chi connectivity index (χ0v) is 17.1. The summed E-state index contributed by atoms with van der Waals surface area (Å²) in [6, 6.07) is 20.6. The molecule has 0 radical (unpaired) electrons. The molecule has 0 saturated carbocycles. The van der Waals surface area contributed by atoms with Gasteiger partial charge in [-0.2, -0.15) is 5.10 Å². The Kier molecular flexibility index (Phi) is 6.60. The van der Waals surface area contributed by atoms with Gasteiger partial charge < -0.3 is 5.32 Å². The smallest absolute Gasteiger partial charge is 0.272 e. The Morgan fingerprint density at radius 3 is 2.28 bits per heavy atom. The van der Waals surface area contributed by atoms with Gasteiger partial charge in [-0.15, -0.1) is 0 Å². The van der Waals surface area contributed by atoms with Gasteiger partial charge in [0.1, 0.15) is 5.69 Å². The predicted octanol–water partition coefficient (Wildman–Crippen LogP) is 3.98. The van der Waals surface area contributed by atoms with E-state index < -0.39 is 0 Å². The van der Waals surface area contributed by atoms with Crippen molar-refractivity contribution in [3.05, 3.63) is 99.5 Å². The van der Waals surface area contributed by atoms with Gasteiger partial charge in [0, 0.05) is 6.07 Å². The number of carbonyl (C=O) groups is 1. The van der Waals surface area contributed by atoms with Crippen LogP contribution >= 0.6 is 0 Å². The van der Waals surface area contributed by atoms with Crippen LogP contribution in [0.3, 0.4) is 0 Å². The summed E-state index contributed by atoms with van der Waals surface area (Å²) in [7, 11) is 0. The lowest BCUT2D eigenvalue weighted by molar-refractivity contribution is 0.0932.